The molecule has 3 N–H and O–H groups in total. The summed E-state index contributed by atoms with van der Waals surface area (Å²) in [4.78, 5) is 62.9. The zero-order valence-corrected chi connectivity index (χ0v) is 28.9. The number of carboxylic acid groups (broad SMARTS) is 1. The van der Waals surface area contributed by atoms with Crippen LogP contribution in [0.1, 0.15) is 82.4 Å². The highest BCUT2D eigenvalue weighted by Gasteiger charge is 2.37. The number of rotatable bonds is 13. The third kappa shape index (κ3) is 8.85. The van der Waals surface area contributed by atoms with E-state index in [1.54, 1.807) is 24.3 Å². The summed E-state index contributed by atoms with van der Waals surface area (Å²) in [5, 5.41) is 15.3. The highest BCUT2D eigenvalue weighted by atomic mass is 16.5. The van der Waals surface area contributed by atoms with E-state index in [4.69, 9.17) is 9.47 Å². The number of carboxylic acids is 1. The quantitative estimate of drug-likeness (QED) is 0.0971. The third-order valence-electron chi connectivity index (χ3n) is 8.97. The van der Waals surface area contributed by atoms with E-state index in [9.17, 15) is 29.1 Å². The number of aliphatic carboxylic acids is 1. The van der Waals surface area contributed by atoms with Gasteiger partial charge in [-0.3, -0.25) is 14.4 Å². The van der Waals surface area contributed by atoms with Gasteiger partial charge in [-0.05, 0) is 64.1 Å². The summed E-state index contributed by atoms with van der Waals surface area (Å²) in [7, 11) is 0. The average Bonchev–Trinajstić information content (AvgIpc) is 3.37. The van der Waals surface area contributed by atoms with E-state index >= 15 is 0 Å². The first-order valence-electron chi connectivity index (χ1n) is 17.0. The van der Waals surface area contributed by atoms with Crippen LogP contribution in [0.2, 0.25) is 0 Å². The van der Waals surface area contributed by atoms with Gasteiger partial charge in [0.2, 0.25) is 0 Å². The summed E-state index contributed by atoms with van der Waals surface area (Å²) in [6.07, 6.45) is -0.107. The SMILES string of the molecule is CC(C)CC(Nc1ccc(COC(=O)CC[C@H](NC(=O)OCC2c3ccccc3-c3ccccc32)C(=O)O)cc1)=C1C(=O)CC(C)(C)CC1=O. The number of alkyl carbamates (subject to hydrolysis) is 1. The van der Waals surface area contributed by atoms with Gasteiger partial charge >= 0.3 is 18.0 Å². The number of allylic oxidation sites excluding steroid dienone is 2. The van der Waals surface area contributed by atoms with E-state index in [0.29, 0.717) is 36.2 Å². The van der Waals surface area contributed by atoms with E-state index in [-0.39, 0.29) is 60.4 Å². The standard InChI is InChI=1S/C40H44N2O8/c1-24(2)19-33(37-34(43)20-40(3,4)21-35(37)44)41-26-15-13-25(14-16-26)22-49-36(45)18-17-32(38(46)47)42-39(48)50-23-31-29-11-7-5-9-27(29)28-10-6-8-12-30(28)31/h5-16,24,31-32,41H,17-23H2,1-4H3,(H,42,48)(H,46,47)/t32-/m0/s1. The van der Waals surface area contributed by atoms with Crippen molar-refractivity contribution < 1.29 is 38.6 Å². The molecule has 10 heteroatoms. The normalized spacial score (nSPS) is 15.6. The Labute approximate surface area is 292 Å². The van der Waals surface area contributed by atoms with Crippen LogP contribution in [0.15, 0.2) is 84.1 Å². The molecule has 3 aromatic rings. The number of esters is 1. The van der Waals surface area contributed by atoms with Crippen molar-refractivity contribution in [2.45, 2.75) is 78.4 Å². The molecule has 0 bridgehead atoms. The molecule has 1 fully saturated rings. The number of ketones is 2. The maximum Gasteiger partial charge on any atom is 0.407 e. The minimum Gasteiger partial charge on any atom is -0.480 e. The van der Waals surface area contributed by atoms with Crippen molar-refractivity contribution in [3.05, 3.63) is 101 Å². The van der Waals surface area contributed by atoms with Crippen LogP contribution in [0.3, 0.4) is 0 Å². The Hall–Kier alpha value is -5.25. The first-order valence-corrected chi connectivity index (χ1v) is 17.0. The van der Waals surface area contributed by atoms with Crippen LogP contribution < -0.4 is 10.6 Å². The van der Waals surface area contributed by atoms with Gasteiger partial charge in [0.25, 0.3) is 0 Å². The molecule has 50 heavy (non-hydrogen) atoms. The minimum absolute atomic E-state index is 0.0353. The molecule has 2 aliphatic rings. The second-order valence-electron chi connectivity index (χ2n) is 14.2. The van der Waals surface area contributed by atoms with E-state index in [1.165, 1.54) is 0 Å². The van der Waals surface area contributed by atoms with Gasteiger partial charge in [-0.1, -0.05) is 88.4 Å². The van der Waals surface area contributed by atoms with Gasteiger partial charge in [0.15, 0.2) is 11.6 Å². The number of benzene rings is 3. The average molecular weight is 681 g/mol. The summed E-state index contributed by atoms with van der Waals surface area (Å²) in [5.41, 5.74) is 6.13. The lowest BCUT2D eigenvalue weighted by Crippen LogP contribution is -2.41. The fourth-order valence-corrected chi connectivity index (χ4v) is 6.62. The van der Waals surface area contributed by atoms with Crippen LogP contribution in [-0.2, 0) is 35.3 Å². The van der Waals surface area contributed by atoms with E-state index in [2.05, 4.69) is 10.6 Å². The number of hydrogen-bond donors (Lipinski definition) is 3. The molecule has 0 heterocycles. The number of carbonyl (C=O) groups excluding carboxylic acids is 4. The second-order valence-corrected chi connectivity index (χ2v) is 14.2. The molecule has 5 rings (SSSR count). The van der Waals surface area contributed by atoms with Gasteiger partial charge in [0.05, 0.1) is 5.57 Å². The maximum atomic E-state index is 12.9. The number of hydrogen-bond acceptors (Lipinski definition) is 8. The number of amides is 1. The predicted molar refractivity (Wildman–Crippen MR) is 188 cm³/mol. The Kier molecular flexibility index (Phi) is 11.2. The topological polar surface area (TPSA) is 148 Å². The number of carbonyl (C=O) groups is 5. The van der Waals surface area contributed by atoms with Crippen molar-refractivity contribution in [3.8, 4) is 11.1 Å². The molecule has 0 saturated heterocycles. The molecule has 2 aliphatic carbocycles. The highest BCUT2D eigenvalue weighted by Crippen LogP contribution is 2.44. The Balaban J connectivity index is 1.10. The Morgan fingerprint density at radius 3 is 2.00 bits per heavy atom. The molecular weight excluding hydrogens is 636 g/mol. The van der Waals surface area contributed by atoms with Gasteiger partial charge < -0.3 is 25.2 Å². The first kappa shape index (κ1) is 36.0. The third-order valence-corrected chi connectivity index (χ3v) is 8.97. The molecule has 0 spiro atoms. The lowest BCUT2D eigenvalue weighted by atomic mass is 9.73. The fraction of sp³-hybridized carbons (Fsp3) is 0.375. The van der Waals surface area contributed by atoms with Crippen LogP contribution >= 0.6 is 0 Å². The van der Waals surface area contributed by atoms with Crippen LogP contribution in [0.25, 0.3) is 11.1 Å². The minimum atomic E-state index is -1.34. The fourth-order valence-electron chi connectivity index (χ4n) is 6.62. The van der Waals surface area contributed by atoms with Crippen molar-refractivity contribution in [2.24, 2.45) is 11.3 Å². The summed E-state index contributed by atoms with van der Waals surface area (Å²) in [5.74, 6) is -2.15. The zero-order chi connectivity index (χ0) is 36.0. The molecular formula is C40H44N2O8. The number of anilines is 1. The van der Waals surface area contributed by atoms with Crippen molar-refractivity contribution in [2.75, 3.05) is 11.9 Å². The second kappa shape index (κ2) is 15.5. The molecule has 0 radical (unpaired) electrons. The lowest BCUT2D eigenvalue weighted by Gasteiger charge is -2.30. The molecule has 10 nitrogen and oxygen atoms in total. The Morgan fingerprint density at radius 2 is 1.44 bits per heavy atom. The van der Waals surface area contributed by atoms with E-state index in [0.717, 1.165) is 22.3 Å². The molecule has 262 valence electrons. The molecule has 3 aromatic carbocycles. The predicted octanol–water partition coefficient (Wildman–Crippen LogP) is 7.17. The summed E-state index contributed by atoms with van der Waals surface area (Å²) < 4.78 is 10.8. The number of nitrogens with one attached hydrogen (secondary N) is 2. The first-order chi connectivity index (χ1) is 23.8. The largest absolute Gasteiger partial charge is 0.480 e. The van der Waals surface area contributed by atoms with Crippen molar-refractivity contribution in [1.29, 1.82) is 0 Å². The van der Waals surface area contributed by atoms with Gasteiger partial charge in [0.1, 0.15) is 19.3 Å². The Bertz CT molecular complexity index is 1740. The van der Waals surface area contributed by atoms with Crippen LogP contribution in [-0.4, -0.2) is 47.4 Å². The van der Waals surface area contributed by atoms with Crippen molar-refractivity contribution in [3.63, 3.8) is 0 Å². The maximum absolute atomic E-state index is 12.9. The van der Waals surface area contributed by atoms with Crippen LogP contribution in [0, 0.1) is 11.3 Å². The molecule has 1 atom stereocenters. The van der Waals surface area contributed by atoms with Crippen LogP contribution in [0.4, 0.5) is 10.5 Å². The molecule has 0 unspecified atom stereocenters. The summed E-state index contributed by atoms with van der Waals surface area (Å²) in [6, 6.07) is 21.5. The molecule has 0 aliphatic heterocycles. The van der Waals surface area contributed by atoms with Gasteiger partial charge in [-0.25, -0.2) is 9.59 Å². The van der Waals surface area contributed by atoms with Crippen molar-refractivity contribution in [1.82, 2.24) is 5.32 Å². The summed E-state index contributed by atoms with van der Waals surface area (Å²) in [6.45, 7) is 7.90. The van der Waals surface area contributed by atoms with Gasteiger partial charge in [-0.2, -0.15) is 0 Å². The number of fused-ring (bicyclic) bond motifs is 3. The lowest BCUT2D eigenvalue weighted by molar-refractivity contribution is -0.146. The molecule has 1 saturated carbocycles. The van der Waals surface area contributed by atoms with E-state index in [1.807, 2.05) is 76.2 Å². The highest BCUT2D eigenvalue weighted by molar-refractivity contribution is 6.23. The van der Waals surface area contributed by atoms with Crippen LogP contribution in [0.5, 0.6) is 0 Å². The van der Waals surface area contributed by atoms with E-state index < -0.39 is 24.1 Å². The summed E-state index contributed by atoms with van der Waals surface area (Å²) >= 11 is 0. The smallest absolute Gasteiger partial charge is 0.407 e. The monoisotopic (exact) mass is 680 g/mol. The van der Waals surface area contributed by atoms with Gasteiger partial charge in [0, 0.05) is 36.6 Å². The number of ether oxygens (including phenoxy) is 2. The number of Topliss-reactive ketones (excluding diaryl/α,β-unsaturated/α-hetero) is 2. The molecule has 0 aromatic heterocycles. The Morgan fingerprint density at radius 1 is 0.860 bits per heavy atom. The zero-order valence-electron chi connectivity index (χ0n) is 28.9. The molecule has 1 amide bonds. The van der Waals surface area contributed by atoms with Gasteiger partial charge in [-0.15, -0.1) is 0 Å². The van der Waals surface area contributed by atoms with Crippen molar-refractivity contribution >= 4 is 35.3 Å².